The normalized spacial score (nSPS) is 17.6. The van der Waals surface area contributed by atoms with E-state index in [1.54, 1.807) is 0 Å². The van der Waals surface area contributed by atoms with E-state index >= 15 is 0 Å². The summed E-state index contributed by atoms with van der Waals surface area (Å²) in [6.07, 6.45) is 0.689. The van der Waals surface area contributed by atoms with Gasteiger partial charge in [0.15, 0.2) is 5.78 Å². The Balaban J connectivity index is 2.03. The first-order chi connectivity index (χ1) is 9.95. The number of H-pyrrole nitrogens is 1. The molecular formula is C15H13NO5. The third-order valence-electron chi connectivity index (χ3n) is 3.70. The number of aromatic amines is 1. The van der Waals surface area contributed by atoms with E-state index in [1.165, 1.54) is 6.07 Å². The zero-order chi connectivity index (χ0) is 15.1. The molecule has 0 amide bonds. The lowest BCUT2D eigenvalue weighted by molar-refractivity contribution is 0.0695. The predicted octanol–water partition coefficient (Wildman–Crippen LogP) is 1.89. The molecule has 1 atom stereocenters. The number of carboxylic acids is 1. The van der Waals surface area contributed by atoms with Crippen molar-refractivity contribution in [2.75, 3.05) is 0 Å². The lowest BCUT2D eigenvalue weighted by Gasteiger charge is -2.21. The van der Waals surface area contributed by atoms with E-state index < -0.39 is 17.1 Å². The van der Waals surface area contributed by atoms with E-state index in [-0.39, 0.29) is 23.7 Å². The number of hydrogen-bond donors (Lipinski definition) is 2. The van der Waals surface area contributed by atoms with Crippen molar-refractivity contribution in [3.63, 3.8) is 0 Å². The number of pyridine rings is 1. The van der Waals surface area contributed by atoms with Crippen LogP contribution in [0.1, 0.15) is 50.3 Å². The highest BCUT2D eigenvalue weighted by Crippen LogP contribution is 2.32. The first kappa shape index (κ1) is 13.4. The van der Waals surface area contributed by atoms with Crippen molar-refractivity contribution in [2.24, 2.45) is 0 Å². The van der Waals surface area contributed by atoms with Crippen LogP contribution < -0.4 is 5.56 Å². The second-order valence-corrected chi connectivity index (χ2v) is 5.19. The summed E-state index contributed by atoms with van der Waals surface area (Å²) in [4.78, 5) is 37.4. The van der Waals surface area contributed by atoms with Gasteiger partial charge in [0.25, 0.3) is 5.56 Å². The Bertz CT molecular complexity index is 799. The lowest BCUT2D eigenvalue weighted by Crippen LogP contribution is -2.27. The number of aromatic nitrogens is 1. The first-order valence-corrected chi connectivity index (χ1v) is 6.54. The van der Waals surface area contributed by atoms with E-state index in [1.807, 2.05) is 19.1 Å². The number of aryl methyl sites for hydroxylation is 1. The van der Waals surface area contributed by atoms with Gasteiger partial charge in [-0.3, -0.25) is 9.59 Å². The Kier molecular flexibility index (Phi) is 3.01. The van der Waals surface area contributed by atoms with Gasteiger partial charge in [0.2, 0.25) is 0 Å². The molecule has 0 aliphatic heterocycles. The van der Waals surface area contributed by atoms with Gasteiger partial charge in [-0.1, -0.05) is 0 Å². The summed E-state index contributed by atoms with van der Waals surface area (Å²) in [6.45, 7) is 1.82. The number of carboxylic acid groups (broad SMARTS) is 1. The Hall–Kier alpha value is -2.63. The van der Waals surface area contributed by atoms with Crippen LogP contribution in [0.4, 0.5) is 0 Å². The highest BCUT2D eigenvalue weighted by Gasteiger charge is 2.30. The van der Waals surface area contributed by atoms with Crippen LogP contribution in [0.5, 0.6) is 0 Å². The molecule has 6 heteroatoms. The monoisotopic (exact) mass is 287 g/mol. The van der Waals surface area contributed by atoms with Crippen LogP contribution >= 0.6 is 0 Å². The Morgan fingerprint density at radius 3 is 2.71 bits per heavy atom. The standard InChI is InChI=1S/C15H13NO5/c1-7-2-3-13(21-7)8-4-11-9(12(17)5-8)6-10(15(19)20)14(18)16-11/h2-3,6,8H,4-5H2,1H3,(H,16,18)(H,19,20). The van der Waals surface area contributed by atoms with Crippen molar-refractivity contribution < 1.29 is 19.1 Å². The Morgan fingerprint density at radius 1 is 1.33 bits per heavy atom. The summed E-state index contributed by atoms with van der Waals surface area (Å²) >= 11 is 0. The van der Waals surface area contributed by atoms with Crippen LogP contribution in [0.2, 0.25) is 0 Å². The molecule has 0 radical (unpaired) electrons. The van der Waals surface area contributed by atoms with Gasteiger partial charge in [0.1, 0.15) is 17.1 Å². The SMILES string of the molecule is Cc1ccc(C2CC(=O)c3cc(C(=O)O)c(=O)[nH]c3C2)o1. The predicted molar refractivity (Wildman–Crippen MR) is 72.9 cm³/mol. The number of ketones is 1. The van der Waals surface area contributed by atoms with E-state index in [4.69, 9.17) is 9.52 Å². The largest absolute Gasteiger partial charge is 0.477 e. The van der Waals surface area contributed by atoms with Gasteiger partial charge in [-0.15, -0.1) is 0 Å². The number of nitrogens with one attached hydrogen (secondary N) is 1. The van der Waals surface area contributed by atoms with Crippen molar-refractivity contribution in [1.29, 1.82) is 0 Å². The second-order valence-electron chi connectivity index (χ2n) is 5.19. The topological polar surface area (TPSA) is 100 Å². The van der Waals surface area contributed by atoms with Crippen LogP contribution in [0.15, 0.2) is 27.4 Å². The molecule has 2 N–H and O–H groups in total. The van der Waals surface area contributed by atoms with Crippen molar-refractivity contribution >= 4 is 11.8 Å². The molecule has 0 aromatic carbocycles. The fourth-order valence-corrected chi connectivity index (χ4v) is 2.66. The maximum Gasteiger partial charge on any atom is 0.341 e. The lowest BCUT2D eigenvalue weighted by atomic mass is 9.84. The van der Waals surface area contributed by atoms with Crippen LogP contribution in [0.3, 0.4) is 0 Å². The van der Waals surface area contributed by atoms with E-state index in [0.29, 0.717) is 17.9 Å². The highest BCUT2D eigenvalue weighted by atomic mass is 16.4. The van der Waals surface area contributed by atoms with Crippen LogP contribution in [-0.2, 0) is 6.42 Å². The first-order valence-electron chi connectivity index (χ1n) is 6.54. The molecule has 1 aliphatic rings. The van der Waals surface area contributed by atoms with E-state index in [0.717, 1.165) is 5.76 Å². The van der Waals surface area contributed by atoms with Crippen LogP contribution in [0, 0.1) is 6.92 Å². The quantitative estimate of drug-likeness (QED) is 0.878. The number of rotatable bonds is 2. The van der Waals surface area contributed by atoms with Gasteiger partial charge in [-0.2, -0.15) is 0 Å². The third kappa shape index (κ3) is 2.29. The molecule has 2 aromatic rings. The minimum absolute atomic E-state index is 0.134. The minimum atomic E-state index is -1.34. The molecular weight excluding hydrogens is 274 g/mol. The summed E-state index contributed by atoms with van der Waals surface area (Å²) in [5.41, 5.74) is -0.341. The molecule has 0 bridgehead atoms. The number of aromatic carboxylic acids is 1. The average molecular weight is 287 g/mol. The van der Waals surface area contributed by atoms with E-state index in [9.17, 15) is 14.4 Å². The molecule has 2 aromatic heterocycles. The van der Waals surface area contributed by atoms with Gasteiger partial charge in [-0.05, 0) is 31.5 Å². The summed E-state index contributed by atoms with van der Waals surface area (Å²) in [5.74, 6) is -0.192. The number of carbonyl (C=O) groups is 2. The molecule has 2 heterocycles. The maximum absolute atomic E-state index is 12.2. The zero-order valence-corrected chi connectivity index (χ0v) is 11.3. The van der Waals surface area contributed by atoms with Gasteiger partial charge in [0, 0.05) is 23.6 Å². The van der Waals surface area contributed by atoms with Gasteiger partial charge >= 0.3 is 5.97 Å². The van der Waals surface area contributed by atoms with Crippen molar-refractivity contribution in [3.8, 4) is 0 Å². The molecule has 0 fully saturated rings. The summed E-state index contributed by atoms with van der Waals surface area (Å²) < 4.78 is 5.54. The smallest absolute Gasteiger partial charge is 0.341 e. The molecule has 1 unspecified atom stereocenters. The molecule has 6 nitrogen and oxygen atoms in total. The van der Waals surface area contributed by atoms with Crippen molar-refractivity contribution in [3.05, 3.63) is 56.9 Å². The molecule has 108 valence electrons. The fourth-order valence-electron chi connectivity index (χ4n) is 2.66. The number of furan rings is 1. The summed E-state index contributed by atoms with van der Waals surface area (Å²) in [7, 11) is 0. The molecule has 3 rings (SSSR count). The molecule has 21 heavy (non-hydrogen) atoms. The highest BCUT2D eigenvalue weighted by molar-refractivity contribution is 6.00. The Labute approximate surface area is 119 Å². The molecule has 0 saturated carbocycles. The number of hydrogen-bond acceptors (Lipinski definition) is 4. The van der Waals surface area contributed by atoms with Crippen LogP contribution in [0.25, 0.3) is 0 Å². The third-order valence-corrected chi connectivity index (χ3v) is 3.70. The van der Waals surface area contributed by atoms with Crippen molar-refractivity contribution in [2.45, 2.75) is 25.7 Å². The fraction of sp³-hybridized carbons (Fsp3) is 0.267. The Morgan fingerprint density at radius 2 is 2.10 bits per heavy atom. The second kappa shape index (κ2) is 4.73. The molecule has 0 saturated heterocycles. The van der Waals surface area contributed by atoms with Gasteiger partial charge < -0.3 is 14.5 Å². The molecule has 1 aliphatic carbocycles. The number of carbonyl (C=O) groups excluding carboxylic acids is 1. The summed E-state index contributed by atoms with van der Waals surface area (Å²) in [6, 6.07) is 4.82. The summed E-state index contributed by atoms with van der Waals surface area (Å²) in [5, 5.41) is 8.94. The van der Waals surface area contributed by atoms with Gasteiger partial charge in [-0.25, -0.2) is 4.79 Å². The van der Waals surface area contributed by atoms with Gasteiger partial charge in [0.05, 0.1) is 0 Å². The minimum Gasteiger partial charge on any atom is -0.477 e. The van der Waals surface area contributed by atoms with E-state index in [2.05, 4.69) is 4.98 Å². The van der Waals surface area contributed by atoms with Crippen molar-refractivity contribution in [1.82, 2.24) is 4.98 Å². The number of fused-ring (bicyclic) bond motifs is 1. The number of Topliss-reactive ketones (excluding diaryl/α,β-unsaturated/α-hetero) is 1. The maximum atomic E-state index is 12.2. The average Bonchev–Trinajstić information content (AvgIpc) is 2.84. The molecule has 0 spiro atoms. The van der Waals surface area contributed by atoms with Crippen LogP contribution in [-0.4, -0.2) is 21.8 Å². The zero-order valence-electron chi connectivity index (χ0n) is 11.3.